The van der Waals surface area contributed by atoms with E-state index in [1.54, 1.807) is 16.5 Å². The third-order valence-corrected chi connectivity index (χ3v) is 4.85. The highest BCUT2D eigenvalue weighted by molar-refractivity contribution is 9.10. The first-order valence-corrected chi connectivity index (χ1v) is 7.36. The third kappa shape index (κ3) is 2.46. The van der Waals surface area contributed by atoms with Crippen LogP contribution in [0.4, 0.5) is 0 Å². The molecule has 2 heterocycles. The van der Waals surface area contributed by atoms with E-state index in [2.05, 4.69) is 26.3 Å². The SMILES string of the molecule is CCC1(C)NC(=O)CN(Cc2c(Br)c(C)nn2C)C1=O. The molecule has 1 N–H and O–H groups in total. The van der Waals surface area contributed by atoms with Gasteiger partial charge in [-0.1, -0.05) is 6.92 Å². The molecule has 20 heavy (non-hydrogen) atoms. The Morgan fingerprint density at radius 3 is 2.60 bits per heavy atom. The Labute approximate surface area is 126 Å². The van der Waals surface area contributed by atoms with E-state index in [-0.39, 0.29) is 18.4 Å². The summed E-state index contributed by atoms with van der Waals surface area (Å²) in [5.74, 6) is -0.172. The Kier molecular flexibility index (Phi) is 3.90. The summed E-state index contributed by atoms with van der Waals surface area (Å²) in [6.07, 6.45) is 0.569. The normalized spacial score (nSPS) is 23.1. The van der Waals surface area contributed by atoms with Crippen molar-refractivity contribution >= 4 is 27.7 Å². The number of hydrogen-bond acceptors (Lipinski definition) is 3. The van der Waals surface area contributed by atoms with Crippen molar-refractivity contribution in [3.8, 4) is 0 Å². The molecule has 0 bridgehead atoms. The fourth-order valence-electron chi connectivity index (χ4n) is 2.39. The predicted molar refractivity (Wildman–Crippen MR) is 77.9 cm³/mol. The van der Waals surface area contributed by atoms with Crippen molar-refractivity contribution < 1.29 is 9.59 Å². The van der Waals surface area contributed by atoms with E-state index in [4.69, 9.17) is 0 Å². The summed E-state index contributed by atoms with van der Waals surface area (Å²) in [6, 6.07) is 0. The molecule has 0 radical (unpaired) electrons. The Hall–Kier alpha value is -1.37. The quantitative estimate of drug-likeness (QED) is 0.894. The Bertz CT molecular complexity index is 569. The van der Waals surface area contributed by atoms with Crippen LogP contribution in [0.15, 0.2) is 4.47 Å². The van der Waals surface area contributed by atoms with Crippen LogP contribution in [0.5, 0.6) is 0 Å². The molecule has 6 nitrogen and oxygen atoms in total. The van der Waals surface area contributed by atoms with Gasteiger partial charge in [-0.25, -0.2) is 0 Å². The van der Waals surface area contributed by atoms with Crippen LogP contribution >= 0.6 is 15.9 Å². The van der Waals surface area contributed by atoms with Crippen molar-refractivity contribution in [3.05, 3.63) is 15.9 Å². The number of carbonyl (C=O) groups is 2. The highest BCUT2D eigenvalue weighted by atomic mass is 79.9. The molecule has 0 aromatic carbocycles. The molecule has 1 fully saturated rings. The molecule has 1 aliphatic heterocycles. The Balaban J connectivity index is 2.28. The Morgan fingerprint density at radius 1 is 1.45 bits per heavy atom. The number of halogens is 1. The molecular formula is C13H19BrN4O2. The van der Waals surface area contributed by atoms with Crippen LogP contribution in [-0.4, -0.2) is 38.6 Å². The lowest BCUT2D eigenvalue weighted by Gasteiger charge is -2.39. The smallest absolute Gasteiger partial charge is 0.248 e. The van der Waals surface area contributed by atoms with Gasteiger partial charge in [0.25, 0.3) is 0 Å². The molecule has 1 aliphatic rings. The number of nitrogens with one attached hydrogen (secondary N) is 1. The maximum absolute atomic E-state index is 12.5. The molecule has 0 spiro atoms. The first-order chi connectivity index (χ1) is 9.28. The third-order valence-electron chi connectivity index (χ3n) is 3.82. The topological polar surface area (TPSA) is 67.2 Å². The standard InChI is InChI=1S/C13H19BrN4O2/c1-5-13(3)12(20)18(7-10(19)15-13)6-9-11(14)8(2)16-17(9)4/h5-7H2,1-4H3,(H,15,19). The maximum atomic E-state index is 12.5. The lowest BCUT2D eigenvalue weighted by molar-refractivity contribution is -0.150. The largest absolute Gasteiger partial charge is 0.340 e. The van der Waals surface area contributed by atoms with Gasteiger partial charge in [0.15, 0.2) is 0 Å². The van der Waals surface area contributed by atoms with Crippen molar-refractivity contribution in [1.82, 2.24) is 20.0 Å². The monoisotopic (exact) mass is 342 g/mol. The molecule has 0 saturated carbocycles. The summed E-state index contributed by atoms with van der Waals surface area (Å²) in [7, 11) is 1.83. The average Bonchev–Trinajstić information content (AvgIpc) is 2.62. The van der Waals surface area contributed by atoms with Crippen LogP contribution < -0.4 is 5.32 Å². The van der Waals surface area contributed by atoms with Crippen molar-refractivity contribution in [2.24, 2.45) is 7.05 Å². The molecule has 1 atom stereocenters. The van der Waals surface area contributed by atoms with Gasteiger partial charge in [0, 0.05) is 7.05 Å². The minimum Gasteiger partial charge on any atom is -0.340 e. The van der Waals surface area contributed by atoms with E-state index in [9.17, 15) is 9.59 Å². The van der Waals surface area contributed by atoms with Gasteiger partial charge >= 0.3 is 0 Å². The van der Waals surface area contributed by atoms with E-state index < -0.39 is 5.54 Å². The minimum atomic E-state index is -0.810. The zero-order valence-electron chi connectivity index (χ0n) is 12.2. The van der Waals surface area contributed by atoms with Gasteiger partial charge < -0.3 is 10.2 Å². The maximum Gasteiger partial charge on any atom is 0.248 e. The number of aromatic nitrogens is 2. The Morgan fingerprint density at radius 2 is 2.10 bits per heavy atom. The van der Waals surface area contributed by atoms with Gasteiger partial charge in [0.05, 0.1) is 22.4 Å². The summed E-state index contributed by atoms with van der Waals surface area (Å²) < 4.78 is 2.62. The van der Waals surface area contributed by atoms with E-state index >= 15 is 0 Å². The molecule has 1 saturated heterocycles. The van der Waals surface area contributed by atoms with Crippen LogP contribution in [0, 0.1) is 6.92 Å². The van der Waals surface area contributed by atoms with Crippen molar-refractivity contribution in [2.75, 3.05) is 6.54 Å². The van der Waals surface area contributed by atoms with Gasteiger partial charge in [-0.3, -0.25) is 14.3 Å². The van der Waals surface area contributed by atoms with Crippen molar-refractivity contribution in [1.29, 1.82) is 0 Å². The van der Waals surface area contributed by atoms with Crippen molar-refractivity contribution in [3.63, 3.8) is 0 Å². The van der Waals surface area contributed by atoms with Crippen LogP contribution in [0.3, 0.4) is 0 Å². The van der Waals surface area contributed by atoms with Crippen LogP contribution in [-0.2, 0) is 23.2 Å². The second-order valence-electron chi connectivity index (χ2n) is 5.36. The second kappa shape index (κ2) is 5.20. The molecule has 2 rings (SSSR count). The summed E-state index contributed by atoms with van der Waals surface area (Å²) >= 11 is 3.49. The fraction of sp³-hybridized carbons (Fsp3) is 0.615. The molecule has 7 heteroatoms. The van der Waals surface area contributed by atoms with E-state index in [1.165, 1.54) is 0 Å². The molecule has 0 aliphatic carbocycles. The van der Waals surface area contributed by atoms with Crippen molar-refractivity contribution in [2.45, 2.75) is 39.3 Å². The predicted octanol–water partition coefficient (Wildman–Crippen LogP) is 1.12. The summed E-state index contributed by atoms with van der Waals surface area (Å²) in [5.41, 5.74) is 0.953. The molecular weight excluding hydrogens is 324 g/mol. The van der Waals surface area contributed by atoms with Gasteiger partial charge in [0.1, 0.15) is 12.1 Å². The van der Waals surface area contributed by atoms with Crippen LogP contribution in [0.25, 0.3) is 0 Å². The van der Waals surface area contributed by atoms with E-state index in [0.717, 1.165) is 15.9 Å². The van der Waals surface area contributed by atoms with Gasteiger partial charge in [-0.05, 0) is 36.2 Å². The molecule has 1 aromatic rings. The zero-order chi connectivity index (χ0) is 15.1. The number of carbonyl (C=O) groups excluding carboxylic acids is 2. The van der Waals surface area contributed by atoms with Crippen LogP contribution in [0.2, 0.25) is 0 Å². The average molecular weight is 343 g/mol. The molecule has 1 unspecified atom stereocenters. The van der Waals surface area contributed by atoms with Gasteiger partial charge in [-0.15, -0.1) is 0 Å². The number of rotatable bonds is 3. The highest BCUT2D eigenvalue weighted by Crippen LogP contribution is 2.24. The zero-order valence-corrected chi connectivity index (χ0v) is 13.7. The fourth-order valence-corrected chi connectivity index (χ4v) is 2.86. The summed E-state index contributed by atoms with van der Waals surface area (Å²) in [5, 5.41) is 7.09. The molecule has 1 aromatic heterocycles. The highest BCUT2D eigenvalue weighted by Gasteiger charge is 2.41. The minimum absolute atomic E-state index is 0.0506. The second-order valence-corrected chi connectivity index (χ2v) is 6.16. The first kappa shape index (κ1) is 15.0. The number of hydrogen-bond donors (Lipinski definition) is 1. The van der Waals surface area contributed by atoms with Gasteiger partial charge in [0.2, 0.25) is 11.8 Å². The van der Waals surface area contributed by atoms with Crippen LogP contribution in [0.1, 0.15) is 31.7 Å². The first-order valence-electron chi connectivity index (χ1n) is 6.57. The number of nitrogens with zero attached hydrogens (tertiary/aromatic N) is 3. The number of aryl methyl sites for hydroxylation is 2. The lowest BCUT2D eigenvalue weighted by Crippen LogP contribution is -2.64. The van der Waals surface area contributed by atoms with Gasteiger partial charge in [-0.2, -0.15) is 5.10 Å². The summed E-state index contributed by atoms with van der Waals surface area (Å²) in [4.78, 5) is 25.9. The van der Waals surface area contributed by atoms with E-state index in [1.807, 2.05) is 20.9 Å². The van der Waals surface area contributed by atoms with E-state index in [0.29, 0.717) is 13.0 Å². The number of piperazine rings is 1. The molecule has 110 valence electrons. The number of amides is 2. The summed E-state index contributed by atoms with van der Waals surface area (Å²) in [6.45, 7) is 6.02. The molecule has 2 amide bonds. The lowest BCUT2D eigenvalue weighted by atomic mass is 9.94.